The van der Waals surface area contributed by atoms with E-state index in [9.17, 15) is 9.59 Å². The topological polar surface area (TPSA) is 82.2 Å². The van der Waals surface area contributed by atoms with Crippen molar-refractivity contribution in [2.24, 2.45) is 5.92 Å². The standard InChI is InChI=1S/C14H16N2O3/c1-8(2)12(14(18)19)15-11-7-9-5-3-4-6-10(9)13(17)16-11/h3-8,12H,1-2H3,(H,18,19)(H2,15,16,17). The maximum atomic E-state index is 11.9. The van der Waals surface area contributed by atoms with Crippen LogP contribution in [0.15, 0.2) is 35.1 Å². The lowest BCUT2D eigenvalue weighted by Crippen LogP contribution is -2.35. The fourth-order valence-corrected chi connectivity index (χ4v) is 1.97. The fraction of sp³-hybridized carbons (Fsp3) is 0.286. The van der Waals surface area contributed by atoms with Crippen LogP contribution in [0.1, 0.15) is 13.8 Å². The van der Waals surface area contributed by atoms with Crippen LogP contribution in [0.2, 0.25) is 0 Å². The summed E-state index contributed by atoms with van der Waals surface area (Å²) >= 11 is 0. The molecule has 2 aromatic rings. The van der Waals surface area contributed by atoms with Crippen molar-refractivity contribution in [2.75, 3.05) is 5.32 Å². The van der Waals surface area contributed by atoms with E-state index in [1.807, 2.05) is 26.0 Å². The molecule has 0 aliphatic carbocycles. The summed E-state index contributed by atoms with van der Waals surface area (Å²) in [6.07, 6.45) is 0. The third-order valence-electron chi connectivity index (χ3n) is 3.00. The molecule has 0 spiro atoms. The van der Waals surface area contributed by atoms with Gasteiger partial charge >= 0.3 is 5.97 Å². The van der Waals surface area contributed by atoms with Gasteiger partial charge in [0.2, 0.25) is 0 Å². The first-order valence-electron chi connectivity index (χ1n) is 6.10. The van der Waals surface area contributed by atoms with Crippen LogP contribution in [-0.4, -0.2) is 22.1 Å². The van der Waals surface area contributed by atoms with Crippen molar-refractivity contribution < 1.29 is 9.90 Å². The van der Waals surface area contributed by atoms with Crippen molar-refractivity contribution in [3.8, 4) is 0 Å². The molecule has 0 amide bonds. The van der Waals surface area contributed by atoms with E-state index in [1.165, 1.54) is 0 Å². The van der Waals surface area contributed by atoms with Gasteiger partial charge in [0.1, 0.15) is 11.9 Å². The minimum atomic E-state index is -0.941. The second-order valence-electron chi connectivity index (χ2n) is 4.80. The van der Waals surface area contributed by atoms with Crippen LogP contribution in [-0.2, 0) is 4.79 Å². The summed E-state index contributed by atoms with van der Waals surface area (Å²) in [6, 6.07) is 8.18. The number of pyridine rings is 1. The van der Waals surface area contributed by atoms with Gasteiger partial charge in [0.25, 0.3) is 5.56 Å². The molecular formula is C14H16N2O3. The molecule has 0 aliphatic rings. The average molecular weight is 260 g/mol. The first kappa shape index (κ1) is 13.1. The van der Waals surface area contributed by atoms with Crippen LogP contribution in [0.5, 0.6) is 0 Å². The number of carboxylic acids is 1. The molecule has 1 heterocycles. The molecule has 5 heteroatoms. The average Bonchev–Trinajstić information content (AvgIpc) is 2.35. The SMILES string of the molecule is CC(C)C(Nc1cc2ccccc2c(=O)[nH]1)C(=O)O. The normalized spacial score (nSPS) is 12.6. The predicted octanol–water partition coefficient (Wildman–Crippen LogP) is 2.05. The van der Waals surface area contributed by atoms with Crippen LogP contribution in [0.25, 0.3) is 10.8 Å². The van der Waals surface area contributed by atoms with Crippen molar-refractivity contribution in [2.45, 2.75) is 19.9 Å². The zero-order chi connectivity index (χ0) is 14.0. The van der Waals surface area contributed by atoms with E-state index in [2.05, 4.69) is 10.3 Å². The van der Waals surface area contributed by atoms with E-state index >= 15 is 0 Å². The number of aliphatic carboxylic acids is 1. The number of aromatic nitrogens is 1. The van der Waals surface area contributed by atoms with Crippen molar-refractivity contribution in [3.05, 3.63) is 40.7 Å². The van der Waals surface area contributed by atoms with Crippen LogP contribution in [0.3, 0.4) is 0 Å². The summed E-state index contributed by atoms with van der Waals surface area (Å²) in [4.78, 5) is 25.7. The molecule has 100 valence electrons. The molecule has 5 nitrogen and oxygen atoms in total. The quantitative estimate of drug-likeness (QED) is 0.785. The molecule has 0 fully saturated rings. The van der Waals surface area contributed by atoms with Gasteiger partial charge in [0, 0.05) is 5.39 Å². The zero-order valence-electron chi connectivity index (χ0n) is 10.8. The maximum Gasteiger partial charge on any atom is 0.326 e. The molecule has 1 unspecified atom stereocenters. The summed E-state index contributed by atoms with van der Waals surface area (Å²) in [6.45, 7) is 3.62. The summed E-state index contributed by atoms with van der Waals surface area (Å²) < 4.78 is 0. The molecule has 0 saturated heterocycles. The lowest BCUT2D eigenvalue weighted by atomic mass is 10.0. The van der Waals surface area contributed by atoms with E-state index in [1.54, 1.807) is 18.2 Å². The van der Waals surface area contributed by atoms with Gasteiger partial charge in [-0.15, -0.1) is 0 Å². The second-order valence-corrected chi connectivity index (χ2v) is 4.80. The highest BCUT2D eigenvalue weighted by Gasteiger charge is 2.21. The maximum absolute atomic E-state index is 11.9. The van der Waals surface area contributed by atoms with Crippen molar-refractivity contribution >= 4 is 22.6 Å². The van der Waals surface area contributed by atoms with E-state index < -0.39 is 12.0 Å². The Bertz CT molecular complexity index is 661. The minimum absolute atomic E-state index is 0.0903. The summed E-state index contributed by atoms with van der Waals surface area (Å²) in [5, 5.41) is 13.4. The van der Waals surface area contributed by atoms with Crippen LogP contribution >= 0.6 is 0 Å². The van der Waals surface area contributed by atoms with Gasteiger partial charge in [-0.05, 0) is 23.4 Å². The van der Waals surface area contributed by atoms with E-state index in [4.69, 9.17) is 5.11 Å². The number of rotatable bonds is 4. The Morgan fingerprint density at radius 1 is 1.32 bits per heavy atom. The Morgan fingerprint density at radius 2 is 2.00 bits per heavy atom. The molecular weight excluding hydrogens is 244 g/mol. The zero-order valence-corrected chi connectivity index (χ0v) is 10.8. The number of fused-ring (bicyclic) bond motifs is 1. The molecule has 1 atom stereocenters. The van der Waals surface area contributed by atoms with Crippen molar-refractivity contribution in [1.29, 1.82) is 0 Å². The highest BCUT2D eigenvalue weighted by Crippen LogP contribution is 2.15. The van der Waals surface area contributed by atoms with Crippen molar-refractivity contribution in [1.82, 2.24) is 4.98 Å². The smallest absolute Gasteiger partial charge is 0.326 e. The number of hydrogen-bond donors (Lipinski definition) is 3. The molecule has 0 aliphatic heterocycles. The molecule has 19 heavy (non-hydrogen) atoms. The number of carboxylic acid groups (broad SMARTS) is 1. The number of anilines is 1. The van der Waals surface area contributed by atoms with Crippen LogP contribution in [0.4, 0.5) is 5.82 Å². The Hall–Kier alpha value is -2.30. The predicted molar refractivity (Wildman–Crippen MR) is 74.5 cm³/mol. The number of aromatic amines is 1. The van der Waals surface area contributed by atoms with E-state index in [-0.39, 0.29) is 11.5 Å². The minimum Gasteiger partial charge on any atom is -0.480 e. The van der Waals surface area contributed by atoms with Gasteiger partial charge in [-0.1, -0.05) is 32.0 Å². The van der Waals surface area contributed by atoms with Gasteiger partial charge in [-0.3, -0.25) is 4.79 Å². The summed E-state index contributed by atoms with van der Waals surface area (Å²) in [5.74, 6) is -0.610. The molecule has 0 radical (unpaired) electrons. The Labute approximate surface area is 110 Å². The van der Waals surface area contributed by atoms with Crippen LogP contribution < -0.4 is 10.9 Å². The van der Waals surface area contributed by atoms with Crippen molar-refractivity contribution in [3.63, 3.8) is 0 Å². The molecule has 1 aromatic carbocycles. The summed E-state index contributed by atoms with van der Waals surface area (Å²) in [5.41, 5.74) is -0.228. The lowest BCUT2D eigenvalue weighted by molar-refractivity contribution is -0.138. The van der Waals surface area contributed by atoms with Gasteiger partial charge < -0.3 is 15.4 Å². The third-order valence-corrected chi connectivity index (χ3v) is 3.00. The molecule has 0 saturated carbocycles. The number of H-pyrrole nitrogens is 1. The number of carbonyl (C=O) groups is 1. The van der Waals surface area contributed by atoms with Gasteiger partial charge in [-0.25, -0.2) is 4.79 Å². The molecule has 2 rings (SSSR count). The number of nitrogens with one attached hydrogen (secondary N) is 2. The van der Waals surface area contributed by atoms with E-state index in [0.717, 1.165) is 5.39 Å². The first-order valence-corrected chi connectivity index (χ1v) is 6.10. The Kier molecular flexibility index (Phi) is 3.55. The monoisotopic (exact) mass is 260 g/mol. The Balaban J connectivity index is 2.41. The first-order chi connectivity index (χ1) is 8.99. The number of benzene rings is 1. The molecule has 3 N–H and O–H groups in total. The van der Waals surface area contributed by atoms with Gasteiger partial charge in [0.15, 0.2) is 0 Å². The van der Waals surface area contributed by atoms with Crippen LogP contribution in [0, 0.1) is 5.92 Å². The fourth-order valence-electron chi connectivity index (χ4n) is 1.97. The van der Waals surface area contributed by atoms with E-state index in [0.29, 0.717) is 11.2 Å². The molecule has 0 bridgehead atoms. The van der Waals surface area contributed by atoms with Gasteiger partial charge in [0.05, 0.1) is 0 Å². The lowest BCUT2D eigenvalue weighted by Gasteiger charge is -2.19. The number of hydrogen-bond acceptors (Lipinski definition) is 3. The highest BCUT2D eigenvalue weighted by atomic mass is 16.4. The largest absolute Gasteiger partial charge is 0.480 e. The Morgan fingerprint density at radius 3 is 2.63 bits per heavy atom. The highest BCUT2D eigenvalue weighted by molar-refractivity contribution is 5.84. The van der Waals surface area contributed by atoms with Gasteiger partial charge in [-0.2, -0.15) is 0 Å². The second kappa shape index (κ2) is 5.14. The molecule has 1 aromatic heterocycles. The summed E-state index contributed by atoms with van der Waals surface area (Å²) in [7, 11) is 0. The third kappa shape index (κ3) is 2.76.